The van der Waals surface area contributed by atoms with Crippen molar-refractivity contribution in [3.05, 3.63) is 71.2 Å². The van der Waals surface area contributed by atoms with Crippen LogP contribution in [0.3, 0.4) is 0 Å². The number of aromatic nitrogens is 1. The number of nitrogens with one attached hydrogen (secondary N) is 2. The number of aliphatic hydroxyl groups is 1. The fourth-order valence-electron chi connectivity index (χ4n) is 8.21. The zero-order valence-electron chi connectivity index (χ0n) is 22.6. The van der Waals surface area contributed by atoms with Crippen molar-refractivity contribution < 1.29 is 19.4 Å². The summed E-state index contributed by atoms with van der Waals surface area (Å²) >= 11 is 1.30. The number of aryl methyl sites for hydroxylation is 1. The molecule has 0 radical (unpaired) electrons. The van der Waals surface area contributed by atoms with Crippen molar-refractivity contribution >= 4 is 50.6 Å². The molecule has 41 heavy (non-hydrogen) atoms. The molecule has 2 aromatic heterocycles. The summed E-state index contributed by atoms with van der Waals surface area (Å²) in [7, 11) is 0. The number of rotatable bonds is 5. The van der Waals surface area contributed by atoms with E-state index in [0.29, 0.717) is 45.1 Å². The molecule has 4 aromatic rings. The highest BCUT2D eigenvalue weighted by Gasteiger charge is 2.58. The van der Waals surface area contributed by atoms with Crippen LogP contribution < -0.4 is 20.3 Å². The van der Waals surface area contributed by atoms with Gasteiger partial charge in [-0.05, 0) is 99.2 Å². The molecule has 4 saturated carbocycles. The standard InChI is InChI=1S/C32H30N4O4S/c1-18-11-22(40-21-5-3-2-4-6-21)7-8-23(18)36-24-9-10-33-29-25(24)26(34-30(36)38)27(41-29)28(37)35-31-13-19-12-20(14-31)16-32(39,15-19)17-31/h2-11,19-20,39H,12-17H2,1H3,(H,34,38)(H,35,37)/t19-,20+,31-,32-. The predicted molar refractivity (Wildman–Crippen MR) is 158 cm³/mol. The molecule has 9 rings (SSSR count). The van der Waals surface area contributed by atoms with E-state index in [9.17, 15) is 14.7 Å². The van der Waals surface area contributed by atoms with Crippen LogP contribution in [0.2, 0.25) is 0 Å². The van der Waals surface area contributed by atoms with Crippen molar-refractivity contribution in [3.8, 4) is 11.5 Å². The highest BCUT2D eigenvalue weighted by molar-refractivity contribution is 7.21. The van der Waals surface area contributed by atoms with E-state index in [-0.39, 0.29) is 17.5 Å². The predicted octanol–water partition coefficient (Wildman–Crippen LogP) is 6.89. The Morgan fingerprint density at radius 3 is 2.59 bits per heavy atom. The van der Waals surface area contributed by atoms with Gasteiger partial charge in [0.1, 0.15) is 21.2 Å². The highest BCUT2D eigenvalue weighted by Crippen LogP contribution is 2.58. The van der Waals surface area contributed by atoms with Gasteiger partial charge in [0.05, 0.1) is 28.0 Å². The van der Waals surface area contributed by atoms with Gasteiger partial charge < -0.3 is 20.5 Å². The lowest BCUT2D eigenvalue weighted by Crippen LogP contribution is -2.65. The third kappa shape index (κ3) is 4.01. The smallest absolute Gasteiger partial charge is 0.331 e. The van der Waals surface area contributed by atoms with E-state index in [1.165, 1.54) is 11.3 Å². The van der Waals surface area contributed by atoms with Gasteiger partial charge in [-0.2, -0.15) is 0 Å². The summed E-state index contributed by atoms with van der Waals surface area (Å²) in [5, 5.41) is 18.3. The minimum atomic E-state index is -0.672. The lowest BCUT2D eigenvalue weighted by molar-refractivity contribution is -0.139. The van der Waals surface area contributed by atoms with Crippen LogP contribution in [0.25, 0.3) is 10.2 Å². The molecular formula is C32H30N4O4S. The van der Waals surface area contributed by atoms with Gasteiger partial charge in [0, 0.05) is 11.7 Å². The van der Waals surface area contributed by atoms with Crippen LogP contribution in [0.15, 0.2) is 60.8 Å². The second-order valence-electron chi connectivity index (χ2n) is 12.4. The van der Waals surface area contributed by atoms with Gasteiger partial charge in [0.25, 0.3) is 5.91 Å². The van der Waals surface area contributed by atoms with E-state index in [4.69, 9.17) is 4.74 Å². The summed E-state index contributed by atoms with van der Waals surface area (Å²) in [5.74, 6) is 2.13. The molecule has 3 heterocycles. The normalized spacial score (nSPS) is 27.7. The van der Waals surface area contributed by atoms with Crippen molar-refractivity contribution in [1.29, 1.82) is 0 Å². The Balaban J connectivity index is 1.12. The fraction of sp³-hybridized carbons (Fsp3) is 0.344. The lowest BCUT2D eigenvalue weighted by atomic mass is 9.51. The first kappa shape index (κ1) is 24.8. The Labute approximate surface area is 241 Å². The lowest BCUT2D eigenvalue weighted by Gasteiger charge is -2.60. The van der Waals surface area contributed by atoms with Gasteiger partial charge in [0.2, 0.25) is 0 Å². The molecule has 3 N–H and O–H groups in total. The zero-order valence-corrected chi connectivity index (χ0v) is 23.5. The quantitative estimate of drug-likeness (QED) is 0.244. The number of ether oxygens (including phenoxy) is 1. The number of nitrogens with zero attached hydrogens (tertiary/aromatic N) is 2. The van der Waals surface area contributed by atoms with Gasteiger partial charge in [0.15, 0.2) is 0 Å². The molecule has 4 fully saturated rings. The fourth-order valence-corrected chi connectivity index (χ4v) is 9.22. The van der Waals surface area contributed by atoms with Crippen LogP contribution in [0, 0.1) is 18.8 Å². The van der Waals surface area contributed by atoms with Crippen LogP contribution in [-0.4, -0.2) is 33.2 Å². The summed E-state index contributed by atoms with van der Waals surface area (Å²) < 4.78 is 5.99. The van der Waals surface area contributed by atoms with Crippen molar-refractivity contribution in [3.63, 3.8) is 0 Å². The molecule has 0 saturated heterocycles. The average molecular weight is 567 g/mol. The minimum Gasteiger partial charge on any atom is -0.457 e. The van der Waals surface area contributed by atoms with E-state index in [2.05, 4.69) is 15.6 Å². The number of carbonyl (C=O) groups is 2. The van der Waals surface area contributed by atoms with Crippen LogP contribution in [0.1, 0.15) is 53.8 Å². The molecule has 8 nitrogen and oxygen atoms in total. The number of hydrogen-bond acceptors (Lipinski definition) is 6. The number of urea groups is 1. The highest BCUT2D eigenvalue weighted by atomic mass is 32.1. The van der Waals surface area contributed by atoms with Crippen molar-refractivity contribution in [1.82, 2.24) is 10.3 Å². The topological polar surface area (TPSA) is 104 Å². The third-order valence-corrected chi connectivity index (χ3v) is 10.3. The maximum atomic E-state index is 13.8. The number of carbonyl (C=O) groups excluding carboxylic acids is 2. The second-order valence-corrected chi connectivity index (χ2v) is 13.4. The molecule has 9 heteroatoms. The molecule has 4 aliphatic carbocycles. The first-order valence-corrected chi connectivity index (χ1v) is 15.0. The van der Waals surface area contributed by atoms with Crippen LogP contribution in [0.5, 0.6) is 11.5 Å². The van der Waals surface area contributed by atoms with Gasteiger partial charge in [-0.15, -0.1) is 11.3 Å². The van der Waals surface area contributed by atoms with Gasteiger partial charge in [-0.1, -0.05) is 18.2 Å². The molecule has 1 aliphatic heterocycles. The molecule has 5 aliphatic rings. The van der Waals surface area contributed by atoms with Crippen molar-refractivity contribution in [2.75, 3.05) is 10.2 Å². The summed E-state index contributed by atoms with van der Waals surface area (Å²) in [5.41, 5.74) is 1.73. The maximum absolute atomic E-state index is 13.8. The molecule has 208 valence electrons. The van der Waals surface area contributed by atoms with E-state index in [1.807, 2.05) is 61.5 Å². The van der Waals surface area contributed by atoms with Gasteiger partial charge in [-0.25, -0.2) is 9.78 Å². The second kappa shape index (κ2) is 8.77. The number of hydrogen-bond donors (Lipinski definition) is 3. The Bertz CT molecular complexity index is 1720. The number of anilines is 3. The monoisotopic (exact) mass is 566 g/mol. The summed E-state index contributed by atoms with van der Waals surface area (Å²) in [6, 6.07) is 16.7. The van der Waals surface area contributed by atoms with Gasteiger partial charge in [-0.3, -0.25) is 9.69 Å². The number of thiophene rings is 1. The Kier molecular flexibility index (Phi) is 5.31. The molecule has 4 atom stereocenters. The zero-order chi connectivity index (χ0) is 27.9. The van der Waals surface area contributed by atoms with Gasteiger partial charge >= 0.3 is 6.03 Å². The molecule has 3 amide bonds. The van der Waals surface area contributed by atoms with Crippen LogP contribution in [-0.2, 0) is 0 Å². The van der Waals surface area contributed by atoms with E-state index >= 15 is 0 Å². The number of pyridine rings is 1. The molecule has 0 spiro atoms. The van der Waals surface area contributed by atoms with Crippen LogP contribution in [0.4, 0.5) is 21.9 Å². The SMILES string of the molecule is Cc1cc(Oc2ccccc2)ccc1N1C(=O)Nc2c(C(=O)N[C@]34C[C@@H]5C[C@@H](C[C@@](O)(C5)C3)C4)sc3nccc1c23. The van der Waals surface area contributed by atoms with Crippen LogP contribution >= 0.6 is 11.3 Å². The number of amides is 3. The number of para-hydroxylation sites is 1. The summed E-state index contributed by atoms with van der Waals surface area (Å²) in [6.45, 7) is 1.94. The molecule has 0 unspecified atom stereocenters. The molecular weight excluding hydrogens is 536 g/mol. The maximum Gasteiger partial charge on any atom is 0.331 e. The molecule has 4 bridgehead atoms. The minimum absolute atomic E-state index is 0.202. The Morgan fingerprint density at radius 2 is 1.85 bits per heavy atom. The number of benzene rings is 2. The molecule has 2 aromatic carbocycles. The van der Waals surface area contributed by atoms with E-state index < -0.39 is 5.60 Å². The Morgan fingerprint density at radius 1 is 1.07 bits per heavy atom. The van der Waals surface area contributed by atoms with E-state index in [0.717, 1.165) is 54.5 Å². The van der Waals surface area contributed by atoms with E-state index in [1.54, 1.807) is 11.1 Å². The average Bonchev–Trinajstić information content (AvgIpc) is 3.28. The third-order valence-electron chi connectivity index (χ3n) is 9.25. The van der Waals surface area contributed by atoms with Crippen molar-refractivity contribution in [2.45, 2.75) is 56.6 Å². The Hall–Kier alpha value is -3.95. The first-order valence-electron chi connectivity index (χ1n) is 14.2. The van der Waals surface area contributed by atoms with Crippen molar-refractivity contribution in [2.24, 2.45) is 11.8 Å². The largest absolute Gasteiger partial charge is 0.457 e. The summed E-state index contributed by atoms with van der Waals surface area (Å²) in [6.07, 6.45) is 6.93. The summed E-state index contributed by atoms with van der Waals surface area (Å²) in [4.78, 5) is 34.8. The first-order chi connectivity index (χ1) is 19.8.